The lowest BCUT2D eigenvalue weighted by Crippen LogP contribution is -2.20. The maximum Gasteiger partial charge on any atom is 0.344 e. The number of nitro benzene ring substituents is 1. The second-order valence-electron chi connectivity index (χ2n) is 4.34. The molecule has 0 saturated carbocycles. The lowest BCUT2D eigenvalue weighted by molar-refractivity contribution is -0.384. The number of hydrogen-bond acceptors (Lipinski definition) is 6. The highest BCUT2D eigenvalue weighted by molar-refractivity contribution is 5.82. The van der Waals surface area contributed by atoms with E-state index in [1.54, 1.807) is 6.07 Å². The molecule has 0 atom stereocenters. The summed E-state index contributed by atoms with van der Waals surface area (Å²) < 4.78 is 6.13. The summed E-state index contributed by atoms with van der Waals surface area (Å²) in [5.74, 6) is -0.879. The van der Waals surface area contributed by atoms with E-state index in [1.807, 2.05) is 0 Å². The summed E-state index contributed by atoms with van der Waals surface area (Å²) >= 11 is 0. The van der Waals surface area contributed by atoms with Gasteiger partial charge in [0.15, 0.2) is 5.82 Å². The number of fused-ring (bicyclic) bond motifs is 1. The molecule has 0 amide bonds. The topological polar surface area (TPSA) is 121 Å². The number of benzene rings is 1. The summed E-state index contributed by atoms with van der Waals surface area (Å²) in [4.78, 5) is 30.5. The molecule has 0 aliphatic rings. The highest BCUT2D eigenvalue weighted by Crippen LogP contribution is 2.26. The van der Waals surface area contributed by atoms with Gasteiger partial charge in [0.25, 0.3) is 5.69 Å². The molecule has 22 heavy (non-hydrogen) atoms. The van der Waals surface area contributed by atoms with Gasteiger partial charge in [-0.25, -0.2) is 9.78 Å². The molecular weight excluding hydrogens is 294 g/mol. The standard InChI is InChI=1S/C13H9N3O6/c17-12(18)7-22-15-11-5-9(16(19)20)1-2-10(11)14-13(15)8-3-4-21-6-8/h1-6H,7H2,(H,17,18). The summed E-state index contributed by atoms with van der Waals surface area (Å²) in [6, 6.07) is 5.68. The number of aliphatic carboxylic acids is 1. The number of imidazole rings is 1. The molecule has 0 saturated heterocycles. The normalized spacial score (nSPS) is 10.7. The predicted octanol–water partition coefficient (Wildman–Crippen LogP) is 1.72. The number of nitrogens with zero attached hydrogens (tertiary/aromatic N) is 3. The number of carboxylic acid groups (broad SMARTS) is 1. The zero-order chi connectivity index (χ0) is 15.7. The number of furan rings is 1. The van der Waals surface area contributed by atoms with Crippen molar-refractivity contribution in [1.82, 2.24) is 9.71 Å². The van der Waals surface area contributed by atoms with E-state index < -0.39 is 17.5 Å². The molecule has 0 spiro atoms. The average Bonchev–Trinajstić information content (AvgIpc) is 3.11. The zero-order valence-corrected chi connectivity index (χ0v) is 11.0. The highest BCUT2D eigenvalue weighted by atomic mass is 16.7. The Morgan fingerprint density at radius 1 is 1.45 bits per heavy atom. The van der Waals surface area contributed by atoms with Gasteiger partial charge in [0.2, 0.25) is 6.61 Å². The molecule has 0 radical (unpaired) electrons. The van der Waals surface area contributed by atoms with Crippen molar-refractivity contribution in [2.45, 2.75) is 0 Å². The van der Waals surface area contributed by atoms with Crippen molar-refractivity contribution >= 4 is 22.7 Å². The average molecular weight is 303 g/mol. The number of carboxylic acids is 1. The molecule has 2 aromatic heterocycles. The van der Waals surface area contributed by atoms with Crippen LogP contribution in [-0.2, 0) is 4.79 Å². The smallest absolute Gasteiger partial charge is 0.344 e. The van der Waals surface area contributed by atoms with Gasteiger partial charge in [0.05, 0.1) is 22.3 Å². The van der Waals surface area contributed by atoms with Gasteiger partial charge in [-0.2, -0.15) is 4.73 Å². The lowest BCUT2D eigenvalue weighted by Gasteiger charge is -2.07. The molecule has 0 bridgehead atoms. The van der Waals surface area contributed by atoms with Crippen LogP contribution in [0, 0.1) is 10.1 Å². The largest absolute Gasteiger partial charge is 0.479 e. The van der Waals surface area contributed by atoms with Gasteiger partial charge in [-0.3, -0.25) is 10.1 Å². The van der Waals surface area contributed by atoms with E-state index in [0.717, 1.165) is 4.73 Å². The molecule has 0 fully saturated rings. The second-order valence-corrected chi connectivity index (χ2v) is 4.34. The SMILES string of the molecule is O=C(O)COn1c(-c2ccoc2)nc2ccc([N+](=O)[O-])cc21. The summed E-state index contributed by atoms with van der Waals surface area (Å²) in [6.45, 7) is -0.612. The van der Waals surface area contributed by atoms with Crippen LogP contribution in [0.3, 0.4) is 0 Å². The molecule has 9 heteroatoms. The Morgan fingerprint density at radius 2 is 2.27 bits per heavy atom. The third-order valence-corrected chi connectivity index (χ3v) is 2.90. The van der Waals surface area contributed by atoms with Crippen LogP contribution < -0.4 is 4.84 Å². The van der Waals surface area contributed by atoms with Gasteiger partial charge in [0, 0.05) is 12.1 Å². The Hall–Kier alpha value is -3.36. The quantitative estimate of drug-likeness (QED) is 0.562. The molecule has 1 aromatic carbocycles. The molecule has 1 N–H and O–H groups in total. The van der Waals surface area contributed by atoms with Gasteiger partial charge < -0.3 is 14.4 Å². The molecule has 3 rings (SSSR count). The van der Waals surface area contributed by atoms with Crippen molar-refractivity contribution in [3.8, 4) is 11.4 Å². The number of nitro groups is 1. The molecule has 0 aliphatic carbocycles. The van der Waals surface area contributed by atoms with Crippen molar-refractivity contribution in [3.63, 3.8) is 0 Å². The van der Waals surface area contributed by atoms with Crippen LogP contribution in [0.5, 0.6) is 0 Å². The van der Waals surface area contributed by atoms with E-state index in [-0.39, 0.29) is 5.69 Å². The van der Waals surface area contributed by atoms with E-state index in [0.29, 0.717) is 22.4 Å². The van der Waals surface area contributed by atoms with Crippen LogP contribution in [0.4, 0.5) is 5.69 Å². The van der Waals surface area contributed by atoms with Gasteiger partial charge in [-0.05, 0) is 12.1 Å². The Kier molecular flexibility index (Phi) is 3.22. The van der Waals surface area contributed by atoms with Gasteiger partial charge in [-0.1, -0.05) is 0 Å². The van der Waals surface area contributed by atoms with Crippen LogP contribution in [0.25, 0.3) is 22.4 Å². The molecular formula is C13H9N3O6. The minimum atomic E-state index is -1.18. The number of aromatic nitrogens is 2. The van der Waals surface area contributed by atoms with Crippen molar-refractivity contribution < 1.29 is 24.1 Å². The van der Waals surface area contributed by atoms with Crippen LogP contribution >= 0.6 is 0 Å². The van der Waals surface area contributed by atoms with Crippen LogP contribution in [0.1, 0.15) is 0 Å². The summed E-state index contributed by atoms with van der Waals surface area (Å²) in [5, 5.41) is 19.6. The predicted molar refractivity (Wildman–Crippen MR) is 73.2 cm³/mol. The maximum absolute atomic E-state index is 10.9. The third-order valence-electron chi connectivity index (χ3n) is 2.90. The molecule has 2 heterocycles. The van der Waals surface area contributed by atoms with Crippen LogP contribution in [0.15, 0.2) is 41.2 Å². The van der Waals surface area contributed by atoms with Crippen molar-refractivity contribution in [3.05, 3.63) is 46.9 Å². The first-order chi connectivity index (χ1) is 10.6. The van der Waals surface area contributed by atoms with E-state index in [2.05, 4.69) is 4.98 Å². The monoisotopic (exact) mass is 303 g/mol. The summed E-state index contributed by atoms with van der Waals surface area (Å²) in [5.41, 5.74) is 1.15. The van der Waals surface area contributed by atoms with E-state index in [9.17, 15) is 14.9 Å². The first-order valence-electron chi connectivity index (χ1n) is 6.11. The zero-order valence-electron chi connectivity index (χ0n) is 11.0. The van der Waals surface area contributed by atoms with E-state index in [4.69, 9.17) is 14.4 Å². The second kappa shape index (κ2) is 5.20. The lowest BCUT2D eigenvalue weighted by atomic mass is 10.3. The first-order valence-corrected chi connectivity index (χ1v) is 6.11. The Bertz CT molecular complexity index is 852. The van der Waals surface area contributed by atoms with Crippen molar-refractivity contribution in [2.75, 3.05) is 6.61 Å². The third kappa shape index (κ3) is 2.35. The summed E-state index contributed by atoms with van der Waals surface area (Å²) in [6.07, 6.45) is 2.84. The van der Waals surface area contributed by atoms with E-state index >= 15 is 0 Å². The number of non-ortho nitro benzene ring substituents is 1. The Morgan fingerprint density at radius 3 is 2.91 bits per heavy atom. The molecule has 3 aromatic rings. The van der Waals surface area contributed by atoms with E-state index in [1.165, 1.54) is 30.7 Å². The van der Waals surface area contributed by atoms with Crippen molar-refractivity contribution in [1.29, 1.82) is 0 Å². The first kappa shape index (κ1) is 13.6. The maximum atomic E-state index is 10.9. The van der Waals surface area contributed by atoms with Crippen LogP contribution in [-0.4, -0.2) is 32.3 Å². The fourth-order valence-corrected chi connectivity index (χ4v) is 1.98. The number of rotatable bonds is 5. The van der Waals surface area contributed by atoms with Crippen LogP contribution in [0.2, 0.25) is 0 Å². The molecule has 9 nitrogen and oxygen atoms in total. The summed E-state index contributed by atoms with van der Waals surface area (Å²) in [7, 11) is 0. The Labute approximate surface area is 122 Å². The molecule has 112 valence electrons. The number of hydrogen-bond donors (Lipinski definition) is 1. The number of carbonyl (C=O) groups is 1. The molecule has 0 unspecified atom stereocenters. The minimum Gasteiger partial charge on any atom is -0.479 e. The fourth-order valence-electron chi connectivity index (χ4n) is 1.98. The van der Waals surface area contributed by atoms with Gasteiger partial charge in [-0.15, -0.1) is 0 Å². The molecule has 0 aliphatic heterocycles. The minimum absolute atomic E-state index is 0.147. The highest BCUT2D eigenvalue weighted by Gasteiger charge is 2.18. The Balaban J connectivity index is 2.18. The van der Waals surface area contributed by atoms with Gasteiger partial charge in [0.1, 0.15) is 11.8 Å². The van der Waals surface area contributed by atoms with Crippen molar-refractivity contribution in [2.24, 2.45) is 0 Å². The van der Waals surface area contributed by atoms with Gasteiger partial charge >= 0.3 is 5.97 Å². The fraction of sp³-hybridized carbons (Fsp3) is 0.0769.